The summed E-state index contributed by atoms with van der Waals surface area (Å²) in [5, 5.41) is 15.4. The zero-order valence-electron chi connectivity index (χ0n) is 17.9. The largest absolute Gasteiger partial charge is 0.340 e. The van der Waals surface area contributed by atoms with Crippen molar-refractivity contribution in [3.63, 3.8) is 0 Å². The third kappa shape index (κ3) is 5.98. The Kier molecular flexibility index (Phi) is 7.19. The van der Waals surface area contributed by atoms with Crippen LogP contribution < -0.4 is 5.32 Å². The van der Waals surface area contributed by atoms with Gasteiger partial charge in [-0.15, -0.1) is 10.2 Å². The lowest BCUT2D eigenvalue weighted by atomic mass is 10.2. The number of aryl methyl sites for hydroxylation is 1. The van der Waals surface area contributed by atoms with E-state index in [1.54, 1.807) is 4.80 Å². The molecule has 1 fully saturated rings. The molecule has 1 aliphatic heterocycles. The quantitative estimate of drug-likeness (QED) is 0.583. The van der Waals surface area contributed by atoms with E-state index in [1.807, 2.05) is 65.6 Å². The Morgan fingerprint density at radius 2 is 1.59 bits per heavy atom. The molecule has 1 N–H and O–H groups in total. The van der Waals surface area contributed by atoms with Gasteiger partial charge in [0.05, 0.1) is 13.1 Å². The molecular weight excluding hydrogens is 406 g/mol. The molecule has 1 aliphatic rings. The number of amides is 2. The minimum atomic E-state index is -0.0359. The van der Waals surface area contributed by atoms with Gasteiger partial charge in [-0.25, -0.2) is 0 Å². The first kappa shape index (κ1) is 21.6. The van der Waals surface area contributed by atoms with Crippen molar-refractivity contribution in [1.29, 1.82) is 0 Å². The summed E-state index contributed by atoms with van der Waals surface area (Å²) in [7, 11) is 0. The van der Waals surface area contributed by atoms with Crippen LogP contribution in [0, 0.1) is 0 Å². The van der Waals surface area contributed by atoms with Crippen LogP contribution in [0.25, 0.3) is 11.4 Å². The van der Waals surface area contributed by atoms with Gasteiger partial charge in [-0.05, 0) is 23.8 Å². The molecule has 4 rings (SSSR count). The van der Waals surface area contributed by atoms with Crippen LogP contribution in [-0.2, 0) is 16.1 Å². The van der Waals surface area contributed by atoms with E-state index in [4.69, 9.17) is 0 Å². The summed E-state index contributed by atoms with van der Waals surface area (Å²) in [5.41, 5.74) is 1.72. The summed E-state index contributed by atoms with van der Waals surface area (Å²) >= 11 is 0. The highest BCUT2D eigenvalue weighted by atomic mass is 16.2. The minimum absolute atomic E-state index is 0.0359. The van der Waals surface area contributed by atoms with Crippen molar-refractivity contribution in [3.05, 3.63) is 60.7 Å². The van der Waals surface area contributed by atoms with Crippen LogP contribution in [0.4, 0.5) is 5.69 Å². The molecule has 2 amide bonds. The molecular formula is C23H27N7O2. The lowest BCUT2D eigenvalue weighted by molar-refractivity contribution is -0.133. The molecule has 0 saturated carbocycles. The van der Waals surface area contributed by atoms with Gasteiger partial charge < -0.3 is 10.2 Å². The molecule has 1 saturated heterocycles. The Balaban J connectivity index is 1.15. The monoisotopic (exact) mass is 433 g/mol. The van der Waals surface area contributed by atoms with Gasteiger partial charge in [-0.1, -0.05) is 48.5 Å². The number of nitrogens with one attached hydrogen (secondary N) is 1. The maximum atomic E-state index is 12.5. The van der Waals surface area contributed by atoms with Crippen LogP contribution in [-0.4, -0.2) is 74.5 Å². The molecule has 9 nitrogen and oxygen atoms in total. The highest BCUT2D eigenvalue weighted by Crippen LogP contribution is 2.12. The number of hydrogen-bond acceptors (Lipinski definition) is 6. The molecule has 2 heterocycles. The topological polar surface area (TPSA) is 96.3 Å². The number of carbonyl (C=O) groups is 2. The third-order valence-corrected chi connectivity index (χ3v) is 5.38. The number of aromatic nitrogens is 4. The van der Waals surface area contributed by atoms with Crippen LogP contribution in [0.3, 0.4) is 0 Å². The zero-order chi connectivity index (χ0) is 22.2. The van der Waals surface area contributed by atoms with E-state index >= 15 is 0 Å². The highest BCUT2D eigenvalue weighted by Gasteiger charge is 2.22. The van der Waals surface area contributed by atoms with Crippen LogP contribution in [0.5, 0.6) is 0 Å². The number of rotatable bonds is 8. The molecule has 1 aromatic heterocycles. The number of piperazine rings is 1. The minimum Gasteiger partial charge on any atom is -0.340 e. The molecule has 0 bridgehead atoms. The number of carbonyl (C=O) groups excluding carboxylic acids is 2. The van der Waals surface area contributed by atoms with Gasteiger partial charge in [-0.2, -0.15) is 4.80 Å². The summed E-state index contributed by atoms with van der Waals surface area (Å²) in [6.45, 7) is 3.54. The number of tetrazole rings is 1. The molecule has 2 aromatic carbocycles. The standard InChI is InChI=1S/C23H27N7O2/c31-21(24-20-10-5-2-6-11-20)18-28-14-16-29(17-15-28)22(32)12-7-13-30-26-23(25-27-30)19-8-3-1-4-9-19/h1-6,8-11H,7,12-18H2,(H,24,31). The molecule has 166 valence electrons. The predicted molar refractivity (Wildman–Crippen MR) is 121 cm³/mol. The maximum Gasteiger partial charge on any atom is 0.238 e. The van der Waals surface area contributed by atoms with Gasteiger partial charge in [-0.3, -0.25) is 14.5 Å². The molecule has 3 aromatic rings. The first-order valence-corrected chi connectivity index (χ1v) is 10.9. The third-order valence-electron chi connectivity index (χ3n) is 5.38. The Hall–Kier alpha value is -3.59. The Labute approximate surface area is 187 Å². The van der Waals surface area contributed by atoms with Gasteiger partial charge in [0.1, 0.15) is 0 Å². The fourth-order valence-corrected chi connectivity index (χ4v) is 3.65. The van der Waals surface area contributed by atoms with Crippen molar-refractivity contribution in [1.82, 2.24) is 30.0 Å². The first-order chi connectivity index (χ1) is 15.7. The number of para-hydroxylation sites is 1. The van der Waals surface area contributed by atoms with Crippen molar-refractivity contribution < 1.29 is 9.59 Å². The lowest BCUT2D eigenvalue weighted by Crippen LogP contribution is -2.50. The summed E-state index contributed by atoms with van der Waals surface area (Å²) in [5.74, 6) is 0.678. The number of nitrogens with zero attached hydrogens (tertiary/aromatic N) is 6. The lowest BCUT2D eigenvalue weighted by Gasteiger charge is -2.34. The van der Waals surface area contributed by atoms with Crippen molar-refractivity contribution in [2.75, 3.05) is 38.0 Å². The predicted octanol–water partition coefficient (Wildman–Crippen LogP) is 1.90. The SMILES string of the molecule is O=C(CN1CCN(C(=O)CCCn2nnc(-c3ccccc3)n2)CC1)Nc1ccccc1. The van der Waals surface area contributed by atoms with Gasteiger partial charge in [0.15, 0.2) is 0 Å². The maximum absolute atomic E-state index is 12.5. The average molecular weight is 434 g/mol. The van der Waals surface area contributed by atoms with E-state index in [0.717, 1.165) is 11.3 Å². The number of benzene rings is 2. The van der Waals surface area contributed by atoms with E-state index in [-0.39, 0.29) is 11.8 Å². The van der Waals surface area contributed by atoms with Crippen molar-refractivity contribution in [2.24, 2.45) is 0 Å². The molecule has 0 radical (unpaired) electrons. The highest BCUT2D eigenvalue weighted by molar-refractivity contribution is 5.92. The van der Waals surface area contributed by atoms with Crippen LogP contribution in [0.1, 0.15) is 12.8 Å². The number of hydrogen-bond donors (Lipinski definition) is 1. The van der Waals surface area contributed by atoms with E-state index in [2.05, 4.69) is 25.6 Å². The van der Waals surface area contributed by atoms with E-state index in [1.165, 1.54) is 0 Å². The molecule has 32 heavy (non-hydrogen) atoms. The zero-order valence-corrected chi connectivity index (χ0v) is 17.9. The van der Waals surface area contributed by atoms with Gasteiger partial charge in [0.25, 0.3) is 0 Å². The second-order valence-corrected chi connectivity index (χ2v) is 7.75. The molecule has 0 spiro atoms. The molecule has 0 unspecified atom stereocenters. The summed E-state index contributed by atoms with van der Waals surface area (Å²) in [4.78, 5) is 30.2. The second-order valence-electron chi connectivity index (χ2n) is 7.75. The fourth-order valence-electron chi connectivity index (χ4n) is 3.65. The fraction of sp³-hybridized carbons (Fsp3) is 0.348. The molecule has 0 atom stereocenters. The van der Waals surface area contributed by atoms with Crippen molar-refractivity contribution in [2.45, 2.75) is 19.4 Å². The Morgan fingerprint density at radius 1 is 0.906 bits per heavy atom. The molecule has 0 aliphatic carbocycles. The Morgan fingerprint density at radius 3 is 2.31 bits per heavy atom. The summed E-state index contributed by atoms with van der Waals surface area (Å²) in [6, 6.07) is 19.1. The number of anilines is 1. The first-order valence-electron chi connectivity index (χ1n) is 10.9. The molecule has 9 heteroatoms. The summed E-state index contributed by atoms with van der Waals surface area (Å²) < 4.78 is 0. The van der Waals surface area contributed by atoms with Crippen molar-refractivity contribution >= 4 is 17.5 Å². The van der Waals surface area contributed by atoms with Crippen molar-refractivity contribution in [3.8, 4) is 11.4 Å². The van der Waals surface area contributed by atoms with Gasteiger partial charge in [0.2, 0.25) is 17.6 Å². The van der Waals surface area contributed by atoms with Crippen LogP contribution in [0.15, 0.2) is 60.7 Å². The van der Waals surface area contributed by atoms with Crippen LogP contribution in [0.2, 0.25) is 0 Å². The van der Waals surface area contributed by atoms with E-state index in [9.17, 15) is 9.59 Å². The van der Waals surface area contributed by atoms with Crippen LogP contribution >= 0.6 is 0 Å². The average Bonchev–Trinajstić information content (AvgIpc) is 3.30. The summed E-state index contributed by atoms with van der Waals surface area (Å²) in [6.07, 6.45) is 1.10. The normalized spacial score (nSPS) is 14.3. The smallest absolute Gasteiger partial charge is 0.238 e. The van der Waals surface area contributed by atoms with Gasteiger partial charge >= 0.3 is 0 Å². The second kappa shape index (κ2) is 10.6. The Bertz CT molecular complexity index is 1020. The van der Waals surface area contributed by atoms with E-state index in [0.29, 0.717) is 57.9 Å². The van der Waals surface area contributed by atoms with E-state index < -0.39 is 0 Å². The van der Waals surface area contributed by atoms with Gasteiger partial charge in [0, 0.05) is 43.9 Å².